The fraction of sp³-hybridized carbons (Fsp3) is 0.533. The minimum Gasteiger partial charge on any atom is -0.353 e. The molecule has 1 N–H and O–H groups in total. The van der Waals surface area contributed by atoms with Gasteiger partial charge in [-0.05, 0) is 19.1 Å². The summed E-state index contributed by atoms with van der Waals surface area (Å²) in [6.45, 7) is 6.56. The molecule has 2 aromatic rings. The summed E-state index contributed by atoms with van der Waals surface area (Å²) in [6, 6.07) is 3.60. The third-order valence-corrected chi connectivity index (χ3v) is 4.68. The molecule has 10 heteroatoms. The number of amides is 3. The zero-order valence-corrected chi connectivity index (χ0v) is 14.1. The van der Waals surface area contributed by atoms with Crippen molar-refractivity contribution in [3.63, 3.8) is 0 Å². The maximum absolute atomic E-state index is 11.6. The number of fused-ring (bicyclic) bond motifs is 1. The molecule has 0 aromatic carbocycles. The van der Waals surface area contributed by atoms with Gasteiger partial charge >= 0.3 is 6.03 Å². The van der Waals surface area contributed by atoms with Gasteiger partial charge in [0.15, 0.2) is 11.5 Å². The highest BCUT2D eigenvalue weighted by molar-refractivity contribution is 6.01. The van der Waals surface area contributed by atoms with E-state index in [9.17, 15) is 9.59 Å². The van der Waals surface area contributed by atoms with E-state index < -0.39 is 0 Å². The Kier molecular flexibility index (Phi) is 3.96. The van der Waals surface area contributed by atoms with Crippen molar-refractivity contribution in [2.75, 3.05) is 50.7 Å². The molecule has 4 heterocycles. The zero-order chi connectivity index (χ0) is 17.4. The summed E-state index contributed by atoms with van der Waals surface area (Å²) in [7, 11) is 0. The highest BCUT2D eigenvalue weighted by Crippen LogP contribution is 2.14. The Bertz CT molecular complexity index is 795. The number of nitrogens with one attached hydrogen (secondary N) is 1. The number of urea groups is 1. The first-order valence-corrected chi connectivity index (χ1v) is 8.36. The predicted octanol–water partition coefficient (Wildman–Crippen LogP) is -0.893. The third kappa shape index (κ3) is 3.00. The van der Waals surface area contributed by atoms with E-state index in [1.54, 1.807) is 4.52 Å². The molecule has 2 aliphatic rings. The molecule has 0 spiro atoms. The molecule has 10 nitrogen and oxygen atoms in total. The SMILES string of the molecule is Cc1nnc2ccc(N3CCN(CCN4C(=O)CNC4=O)CC3)nn12. The van der Waals surface area contributed by atoms with Crippen molar-refractivity contribution in [3.05, 3.63) is 18.0 Å². The van der Waals surface area contributed by atoms with Gasteiger partial charge in [-0.3, -0.25) is 14.6 Å². The third-order valence-electron chi connectivity index (χ3n) is 4.68. The summed E-state index contributed by atoms with van der Waals surface area (Å²) in [5, 5.41) is 15.2. The Morgan fingerprint density at radius 2 is 1.88 bits per heavy atom. The molecule has 2 saturated heterocycles. The number of anilines is 1. The van der Waals surface area contributed by atoms with Crippen molar-refractivity contribution < 1.29 is 9.59 Å². The van der Waals surface area contributed by atoms with Gasteiger partial charge in [-0.1, -0.05) is 0 Å². The van der Waals surface area contributed by atoms with E-state index in [4.69, 9.17) is 0 Å². The Morgan fingerprint density at radius 3 is 2.60 bits per heavy atom. The van der Waals surface area contributed by atoms with Crippen LogP contribution in [0.15, 0.2) is 12.1 Å². The molecule has 0 radical (unpaired) electrons. The molecule has 0 atom stereocenters. The normalized spacial score (nSPS) is 19.1. The molecule has 25 heavy (non-hydrogen) atoms. The summed E-state index contributed by atoms with van der Waals surface area (Å²) in [6.07, 6.45) is 0. The maximum Gasteiger partial charge on any atom is 0.324 e. The van der Waals surface area contributed by atoms with Gasteiger partial charge in [0.1, 0.15) is 5.82 Å². The smallest absolute Gasteiger partial charge is 0.324 e. The number of aryl methyl sites for hydroxylation is 1. The number of nitrogens with zero attached hydrogens (tertiary/aromatic N) is 7. The van der Waals surface area contributed by atoms with Crippen LogP contribution in [0.25, 0.3) is 5.65 Å². The zero-order valence-electron chi connectivity index (χ0n) is 14.1. The Hall–Kier alpha value is -2.75. The van der Waals surface area contributed by atoms with Gasteiger partial charge in [0, 0.05) is 39.3 Å². The van der Waals surface area contributed by atoms with E-state index in [0.29, 0.717) is 13.1 Å². The topological polar surface area (TPSA) is 99.0 Å². The molecule has 0 aliphatic carbocycles. The molecule has 3 amide bonds. The number of piperazine rings is 1. The molecular formula is C15H20N8O2. The summed E-state index contributed by atoms with van der Waals surface area (Å²) < 4.78 is 1.75. The first-order chi connectivity index (χ1) is 12.1. The number of carbonyl (C=O) groups is 2. The lowest BCUT2D eigenvalue weighted by molar-refractivity contribution is -0.125. The van der Waals surface area contributed by atoms with Crippen molar-refractivity contribution in [3.8, 4) is 0 Å². The molecule has 2 aromatic heterocycles. The minimum absolute atomic E-state index is 0.114. The van der Waals surface area contributed by atoms with E-state index in [2.05, 4.69) is 30.4 Å². The average molecular weight is 344 g/mol. The highest BCUT2D eigenvalue weighted by atomic mass is 16.2. The molecule has 0 unspecified atom stereocenters. The second-order valence-electron chi connectivity index (χ2n) is 6.24. The van der Waals surface area contributed by atoms with Gasteiger partial charge in [0.05, 0.1) is 6.54 Å². The quantitative estimate of drug-likeness (QED) is 0.718. The van der Waals surface area contributed by atoms with Crippen molar-refractivity contribution >= 4 is 23.4 Å². The second kappa shape index (κ2) is 6.28. The van der Waals surface area contributed by atoms with Crippen molar-refractivity contribution in [2.45, 2.75) is 6.92 Å². The van der Waals surface area contributed by atoms with Crippen LogP contribution in [-0.2, 0) is 4.79 Å². The van der Waals surface area contributed by atoms with Gasteiger partial charge in [-0.15, -0.1) is 15.3 Å². The highest BCUT2D eigenvalue weighted by Gasteiger charge is 2.29. The van der Waals surface area contributed by atoms with Gasteiger partial charge in [-0.2, -0.15) is 4.52 Å². The van der Waals surface area contributed by atoms with Crippen molar-refractivity contribution in [1.29, 1.82) is 0 Å². The van der Waals surface area contributed by atoms with Crippen LogP contribution in [0.3, 0.4) is 0 Å². The summed E-state index contributed by atoms with van der Waals surface area (Å²) >= 11 is 0. The van der Waals surface area contributed by atoms with Gasteiger partial charge in [0.2, 0.25) is 5.91 Å². The van der Waals surface area contributed by atoms with E-state index in [1.165, 1.54) is 4.90 Å². The minimum atomic E-state index is -0.287. The van der Waals surface area contributed by atoms with Gasteiger partial charge < -0.3 is 10.2 Å². The Balaban J connectivity index is 1.33. The molecule has 2 fully saturated rings. The van der Waals surface area contributed by atoms with E-state index >= 15 is 0 Å². The Labute approximate surface area is 144 Å². The van der Waals surface area contributed by atoms with Crippen molar-refractivity contribution in [2.24, 2.45) is 0 Å². The lowest BCUT2D eigenvalue weighted by Gasteiger charge is -2.35. The Morgan fingerprint density at radius 1 is 1.08 bits per heavy atom. The molecule has 2 aliphatic heterocycles. The number of hydrogen-bond donors (Lipinski definition) is 1. The second-order valence-corrected chi connectivity index (χ2v) is 6.24. The standard InChI is InChI=1S/C15H20N8O2/c1-11-17-18-12-2-3-13(19-23(11)12)21-7-4-20(5-8-21)6-9-22-14(24)10-16-15(22)25/h2-3H,4-10H2,1H3,(H,16,25). The van der Waals surface area contributed by atoms with Gasteiger partial charge in [-0.25, -0.2) is 4.79 Å². The summed E-state index contributed by atoms with van der Waals surface area (Å²) in [4.78, 5) is 28.9. The number of imide groups is 1. The molecule has 0 saturated carbocycles. The van der Waals surface area contributed by atoms with Crippen LogP contribution in [0, 0.1) is 6.92 Å². The first-order valence-electron chi connectivity index (χ1n) is 8.36. The van der Waals surface area contributed by atoms with Crippen LogP contribution in [0.4, 0.5) is 10.6 Å². The number of aromatic nitrogens is 4. The van der Waals surface area contributed by atoms with Crippen LogP contribution in [0.1, 0.15) is 5.82 Å². The average Bonchev–Trinajstić information content (AvgIpc) is 3.16. The van der Waals surface area contributed by atoms with E-state index in [1.807, 2.05) is 19.1 Å². The lowest BCUT2D eigenvalue weighted by atomic mass is 10.3. The maximum atomic E-state index is 11.6. The summed E-state index contributed by atoms with van der Waals surface area (Å²) in [5.41, 5.74) is 0.744. The number of rotatable bonds is 4. The molecule has 132 valence electrons. The number of hydrogen-bond acceptors (Lipinski definition) is 7. The van der Waals surface area contributed by atoms with Crippen LogP contribution >= 0.6 is 0 Å². The van der Waals surface area contributed by atoms with Gasteiger partial charge in [0.25, 0.3) is 0 Å². The monoisotopic (exact) mass is 344 g/mol. The fourth-order valence-electron chi connectivity index (χ4n) is 3.18. The molecular weight excluding hydrogens is 324 g/mol. The van der Waals surface area contributed by atoms with Crippen molar-refractivity contribution in [1.82, 2.24) is 34.9 Å². The summed E-state index contributed by atoms with van der Waals surface area (Å²) in [5.74, 6) is 1.53. The fourth-order valence-corrected chi connectivity index (χ4v) is 3.18. The van der Waals surface area contributed by atoms with E-state index in [-0.39, 0.29) is 18.5 Å². The predicted molar refractivity (Wildman–Crippen MR) is 89.3 cm³/mol. The lowest BCUT2D eigenvalue weighted by Crippen LogP contribution is -2.49. The molecule has 0 bridgehead atoms. The van der Waals surface area contributed by atoms with Crippen LogP contribution in [-0.4, -0.2) is 87.4 Å². The largest absolute Gasteiger partial charge is 0.353 e. The van der Waals surface area contributed by atoms with Crippen LogP contribution in [0.2, 0.25) is 0 Å². The first kappa shape index (κ1) is 15.8. The van der Waals surface area contributed by atoms with E-state index in [0.717, 1.165) is 43.5 Å². The van der Waals surface area contributed by atoms with Crippen LogP contribution < -0.4 is 10.2 Å². The molecule has 4 rings (SSSR count). The van der Waals surface area contributed by atoms with Crippen LogP contribution in [0.5, 0.6) is 0 Å². The number of carbonyl (C=O) groups excluding carboxylic acids is 2.